The summed E-state index contributed by atoms with van der Waals surface area (Å²) >= 11 is 0. The second-order valence-corrected chi connectivity index (χ2v) is 5.16. The number of rotatable bonds is 5. The molecule has 2 rings (SSSR count). The molecule has 1 saturated carbocycles. The van der Waals surface area contributed by atoms with Crippen molar-refractivity contribution >= 4 is 17.9 Å². The highest BCUT2D eigenvalue weighted by Gasteiger charge is 2.37. The zero-order valence-corrected chi connectivity index (χ0v) is 13.0. The lowest BCUT2D eigenvalue weighted by Crippen LogP contribution is -2.30. The fraction of sp³-hybridized carbons (Fsp3) is 0.353. The molecule has 0 spiro atoms. The van der Waals surface area contributed by atoms with Crippen molar-refractivity contribution in [2.24, 2.45) is 5.92 Å². The van der Waals surface area contributed by atoms with Gasteiger partial charge in [0, 0.05) is 0 Å². The zero-order valence-electron chi connectivity index (χ0n) is 13.0. The predicted molar refractivity (Wildman–Crippen MR) is 80.0 cm³/mol. The third-order valence-corrected chi connectivity index (χ3v) is 3.68. The molecular formula is C17H18O6. The molecule has 0 aliphatic heterocycles. The van der Waals surface area contributed by atoms with E-state index in [4.69, 9.17) is 4.74 Å². The lowest BCUT2D eigenvalue weighted by Gasteiger charge is -2.28. The Hall–Kier alpha value is -2.63. The standard InChI is InChI=1S/C17H18O6/c1-21-15(18)13-8-12(9-13)14(16(19)22-2)17(20)23-10-11-6-4-3-5-7-11/h3-7,13H,8-10H2,1-2H3. The fourth-order valence-electron chi connectivity index (χ4n) is 2.34. The molecule has 0 heterocycles. The van der Waals surface area contributed by atoms with Gasteiger partial charge in [-0.25, -0.2) is 9.59 Å². The van der Waals surface area contributed by atoms with Crippen LogP contribution < -0.4 is 0 Å². The lowest BCUT2D eigenvalue weighted by molar-refractivity contribution is -0.149. The molecule has 0 N–H and O–H groups in total. The normalized spacial score (nSPS) is 16.1. The molecule has 1 aliphatic carbocycles. The first-order valence-corrected chi connectivity index (χ1v) is 7.16. The van der Waals surface area contributed by atoms with Gasteiger partial charge in [0.15, 0.2) is 0 Å². The summed E-state index contributed by atoms with van der Waals surface area (Å²) in [4.78, 5) is 35.5. The Labute approximate surface area is 134 Å². The van der Waals surface area contributed by atoms with Crippen LogP contribution in [0.25, 0.3) is 0 Å². The Morgan fingerprint density at radius 1 is 1.00 bits per heavy atom. The molecule has 1 aromatic carbocycles. The van der Waals surface area contributed by atoms with Crippen LogP contribution in [0.15, 0.2) is 41.5 Å². The first kappa shape index (κ1) is 16.7. The largest absolute Gasteiger partial charge is 0.469 e. The van der Waals surface area contributed by atoms with Gasteiger partial charge in [0.2, 0.25) is 0 Å². The second kappa shape index (κ2) is 7.58. The van der Waals surface area contributed by atoms with E-state index in [0.29, 0.717) is 18.4 Å². The molecule has 0 aromatic heterocycles. The molecule has 1 aromatic rings. The van der Waals surface area contributed by atoms with Crippen LogP contribution in [0.1, 0.15) is 18.4 Å². The van der Waals surface area contributed by atoms with Crippen molar-refractivity contribution in [2.45, 2.75) is 19.4 Å². The molecular weight excluding hydrogens is 300 g/mol. The van der Waals surface area contributed by atoms with Crippen LogP contribution in [-0.2, 0) is 35.2 Å². The Bertz CT molecular complexity index is 624. The van der Waals surface area contributed by atoms with E-state index in [9.17, 15) is 14.4 Å². The van der Waals surface area contributed by atoms with Crippen LogP contribution in [0.3, 0.4) is 0 Å². The SMILES string of the molecule is COC(=O)C(C(=O)OCc1ccccc1)=C1CC(C(=O)OC)C1. The van der Waals surface area contributed by atoms with Gasteiger partial charge in [-0.15, -0.1) is 0 Å². The van der Waals surface area contributed by atoms with Crippen molar-refractivity contribution in [1.29, 1.82) is 0 Å². The van der Waals surface area contributed by atoms with Crippen molar-refractivity contribution in [3.05, 3.63) is 47.0 Å². The van der Waals surface area contributed by atoms with E-state index in [-0.39, 0.29) is 24.1 Å². The van der Waals surface area contributed by atoms with E-state index >= 15 is 0 Å². The van der Waals surface area contributed by atoms with Crippen LogP contribution in [0.5, 0.6) is 0 Å². The molecule has 0 atom stereocenters. The Morgan fingerprint density at radius 2 is 1.65 bits per heavy atom. The molecule has 0 radical (unpaired) electrons. The number of allylic oxidation sites excluding steroid dienone is 1. The first-order chi connectivity index (χ1) is 11.1. The summed E-state index contributed by atoms with van der Waals surface area (Å²) in [7, 11) is 2.50. The number of hydrogen-bond acceptors (Lipinski definition) is 6. The summed E-state index contributed by atoms with van der Waals surface area (Å²) in [6.45, 7) is 0.0634. The molecule has 1 fully saturated rings. The van der Waals surface area contributed by atoms with Crippen molar-refractivity contribution in [1.82, 2.24) is 0 Å². The van der Waals surface area contributed by atoms with Crippen LogP contribution in [-0.4, -0.2) is 32.1 Å². The second-order valence-electron chi connectivity index (χ2n) is 5.16. The number of hydrogen-bond donors (Lipinski definition) is 0. The molecule has 0 amide bonds. The predicted octanol–water partition coefficient (Wildman–Crippen LogP) is 1.78. The lowest BCUT2D eigenvalue weighted by atomic mass is 9.77. The molecule has 0 saturated heterocycles. The van der Waals surface area contributed by atoms with E-state index in [0.717, 1.165) is 5.56 Å². The minimum Gasteiger partial charge on any atom is -0.469 e. The van der Waals surface area contributed by atoms with Crippen molar-refractivity contribution in [2.75, 3.05) is 14.2 Å². The quantitative estimate of drug-likeness (QED) is 0.271. The summed E-state index contributed by atoms with van der Waals surface area (Å²) in [5, 5.41) is 0. The van der Waals surface area contributed by atoms with Gasteiger partial charge in [-0.05, 0) is 24.0 Å². The van der Waals surface area contributed by atoms with Gasteiger partial charge < -0.3 is 14.2 Å². The number of esters is 3. The summed E-state index contributed by atoms with van der Waals surface area (Å²) in [6.07, 6.45) is 0.606. The van der Waals surface area contributed by atoms with Gasteiger partial charge in [0.25, 0.3) is 0 Å². The smallest absolute Gasteiger partial charge is 0.345 e. The summed E-state index contributed by atoms with van der Waals surface area (Å²) < 4.78 is 14.5. The molecule has 0 unspecified atom stereocenters. The van der Waals surface area contributed by atoms with Crippen LogP contribution >= 0.6 is 0 Å². The maximum atomic E-state index is 12.2. The van der Waals surface area contributed by atoms with Crippen LogP contribution in [0.4, 0.5) is 0 Å². The van der Waals surface area contributed by atoms with Crippen molar-refractivity contribution < 1.29 is 28.6 Å². The minimum absolute atomic E-state index is 0.0634. The Balaban J connectivity index is 2.06. The minimum atomic E-state index is -0.749. The number of benzene rings is 1. The van der Waals surface area contributed by atoms with Gasteiger partial charge in [0.05, 0.1) is 20.1 Å². The van der Waals surface area contributed by atoms with E-state index < -0.39 is 11.9 Å². The van der Waals surface area contributed by atoms with Gasteiger partial charge >= 0.3 is 17.9 Å². The molecule has 122 valence electrons. The number of ether oxygens (including phenoxy) is 3. The van der Waals surface area contributed by atoms with Gasteiger partial charge in [-0.2, -0.15) is 0 Å². The molecule has 6 heteroatoms. The summed E-state index contributed by atoms with van der Waals surface area (Å²) in [5.41, 5.74) is 1.25. The van der Waals surface area contributed by atoms with Gasteiger partial charge in [-0.1, -0.05) is 30.3 Å². The monoisotopic (exact) mass is 318 g/mol. The molecule has 1 aliphatic rings. The van der Waals surface area contributed by atoms with Gasteiger partial charge in [-0.3, -0.25) is 4.79 Å². The van der Waals surface area contributed by atoms with Crippen LogP contribution in [0, 0.1) is 5.92 Å². The van der Waals surface area contributed by atoms with Gasteiger partial charge in [0.1, 0.15) is 12.2 Å². The van der Waals surface area contributed by atoms with Crippen molar-refractivity contribution in [3.63, 3.8) is 0 Å². The Morgan fingerprint density at radius 3 is 2.22 bits per heavy atom. The van der Waals surface area contributed by atoms with Crippen LogP contribution in [0.2, 0.25) is 0 Å². The highest BCUT2D eigenvalue weighted by atomic mass is 16.5. The third-order valence-electron chi connectivity index (χ3n) is 3.68. The maximum absolute atomic E-state index is 12.2. The van der Waals surface area contributed by atoms with E-state index in [2.05, 4.69) is 9.47 Å². The third kappa shape index (κ3) is 3.97. The number of carbonyl (C=O) groups is 3. The molecule has 0 bridgehead atoms. The first-order valence-electron chi connectivity index (χ1n) is 7.16. The van der Waals surface area contributed by atoms with E-state index in [1.807, 2.05) is 30.3 Å². The number of methoxy groups -OCH3 is 2. The fourth-order valence-corrected chi connectivity index (χ4v) is 2.34. The average molecular weight is 318 g/mol. The average Bonchev–Trinajstić information content (AvgIpc) is 2.55. The number of carbonyl (C=O) groups excluding carboxylic acids is 3. The highest BCUT2D eigenvalue weighted by Crippen LogP contribution is 2.36. The maximum Gasteiger partial charge on any atom is 0.345 e. The van der Waals surface area contributed by atoms with Crippen molar-refractivity contribution in [3.8, 4) is 0 Å². The van der Waals surface area contributed by atoms with E-state index in [1.54, 1.807) is 0 Å². The molecule has 6 nitrogen and oxygen atoms in total. The van der Waals surface area contributed by atoms with E-state index in [1.165, 1.54) is 14.2 Å². The zero-order chi connectivity index (χ0) is 16.8. The summed E-state index contributed by atoms with van der Waals surface area (Å²) in [6, 6.07) is 9.14. The Kier molecular flexibility index (Phi) is 5.51. The molecule has 23 heavy (non-hydrogen) atoms. The summed E-state index contributed by atoms with van der Waals surface area (Å²) in [5.74, 6) is -2.16. The highest BCUT2D eigenvalue weighted by molar-refractivity contribution is 6.15. The topological polar surface area (TPSA) is 78.9 Å².